The summed E-state index contributed by atoms with van der Waals surface area (Å²) in [7, 11) is -3.91. The number of halogens is 1. The van der Waals surface area contributed by atoms with Crippen molar-refractivity contribution in [3.8, 4) is 0 Å². The summed E-state index contributed by atoms with van der Waals surface area (Å²) in [6, 6.07) is 9.42. The number of nitrogens with one attached hydrogen (secondary N) is 1. The molecule has 30 heavy (non-hydrogen) atoms. The maximum Gasteiger partial charge on any atom is 0.245 e. The molecule has 4 rings (SSSR count). The van der Waals surface area contributed by atoms with Gasteiger partial charge in [-0.15, -0.1) is 0 Å². The van der Waals surface area contributed by atoms with Gasteiger partial charge >= 0.3 is 0 Å². The van der Waals surface area contributed by atoms with Gasteiger partial charge < -0.3 is 5.32 Å². The van der Waals surface area contributed by atoms with Crippen molar-refractivity contribution in [1.29, 1.82) is 0 Å². The monoisotopic (exact) mass is 447 g/mol. The third-order valence-electron chi connectivity index (χ3n) is 5.33. The molecule has 0 bridgehead atoms. The minimum absolute atomic E-state index is 0.161. The first-order valence-electron chi connectivity index (χ1n) is 9.69. The summed E-state index contributed by atoms with van der Waals surface area (Å²) in [6.45, 7) is 4.37. The zero-order valence-electron chi connectivity index (χ0n) is 16.7. The number of benzene rings is 2. The lowest BCUT2D eigenvalue weighted by molar-refractivity contribution is -0.120. The first-order valence-corrected chi connectivity index (χ1v) is 11.9. The first-order chi connectivity index (χ1) is 14.3. The number of carbonyl (C=O) groups is 1. The molecule has 158 valence electrons. The van der Waals surface area contributed by atoms with E-state index >= 15 is 0 Å². The van der Waals surface area contributed by atoms with Crippen LogP contribution in [0.15, 0.2) is 41.3 Å². The largest absolute Gasteiger partial charge is 0.302 e. The lowest BCUT2D eigenvalue weighted by atomic mass is 9.97. The standard InChI is InChI=1S/C21H22FN3O3S2/c1-13-11-14(2)19-17(12-13)23-21(29-19)24-20(26)15-7-9-25(10-8-15)30(27,28)18-6-4-3-5-16(18)22/h3-6,11-12,15H,7-10H2,1-2H3,(H,23,24,26). The molecule has 1 aromatic heterocycles. The summed E-state index contributed by atoms with van der Waals surface area (Å²) in [4.78, 5) is 16.9. The number of rotatable bonds is 4. The topological polar surface area (TPSA) is 79.4 Å². The predicted octanol–water partition coefficient (Wildman–Crippen LogP) is 4.09. The van der Waals surface area contributed by atoms with E-state index in [4.69, 9.17) is 0 Å². The second-order valence-electron chi connectivity index (χ2n) is 7.55. The van der Waals surface area contributed by atoms with E-state index in [0.29, 0.717) is 18.0 Å². The van der Waals surface area contributed by atoms with Crippen molar-refractivity contribution in [2.75, 3.05) is 18.4 Å². The highest BCUT2D eigenvalue weighted by Crippen LogP contribution is 2.31. The Kier molecular flexibility index (Phi) is 5.61. The molecule has 0 aliphatic carbocycles. The van der Waals surface area contributed by atoms with Gasteiger partial charge in [0.15, 0.2) is 5.13 Å². The summed E-state index contributed by atoms with van der Waals surface area (Å²) in [5, 5.41) is 3.43. The summed E-state index contributed by atoms with van der Waals surface area (Å²) < 4.78 is 41.7. The van der Waals surface area contributed by atoms with Gasteiger partial charge in [0.05, 0.1) is 10.2 Å². The molecule has 0 spiro atoms. The smallest absolute Gasteiger partial charge is 0.245 e. The minimum Gasteiger partial charge on any atom is -0.302 e. The van der Waals surface area contributed by atoms with Crippen LogP contribution in [0.5, 0.6) is 0 Å². The Morgan fingerprint density at radius 3 is 2.60 bits per heavy atom. The van der Waals surface area contributed by atoms with Gasteiger partial charge in [-0.1, -0.05) is 29.5 Å². The normalized spacial score (nSPS) is 16.1. The SMILES string of the molecule is Cc1cc(C)c2sc(NC(=O)C3CCN(S(=O)(=O)c4ccccc4F)CC3)nc2c1. The molecule has 0 radical (unpaired) electrons. The van der Waals surface area contributed by atoms with E-state index in [1.807, 2.05) is 19.9 Å². The number of nitrogens with zero attached hydrogens (tertiary/aromatic N) is 2. The van der Waals surface area contributed by atoms with Crippen LogP contribution in [0.3, 0.4) is 0 Å². The number of anilines is 1. The summed E-state index contributed by atoms with van der Waals surface area (Å²) >= 11 is 1.44. The number of thiazole rings is 1. The summed E-state index contributed by atoms with van der Waals surface area (Å²) in [6.07, 6.45) is 0.755. The molecule has 2 aromatic carbocycles. The second kappa shape index (κ2) is 8.05. The fraction of sp³-hybridized carbons (Fsp3) is 0.333. The van der Waals surface area contributed by atoms with E-state index in [1.165, 1.54) is 33.8 Å². The Labute approximate surface area is 178 Å². The summed E-state index contributed by atoms with van der Waals surface area (Å²) in [5.41, 5.74) is 3.10. The van der Waals surface area contributed by atoms with E-state index in [-0.39, 0.29) is 29.8 Å². The lowest BCUT2D eigenvalue weighted by Gasteiger charge is -2.30. The van der Waals surface area contributed by atoms with Crippen LogP contribution in [0.25, 0.3) is 10.2 Å². The van der Waals surface area contributed by atoms with Gasteiger partial charge in [0.25, 0.3) is 0 Å². The van der Waals surface area contributed by atoms with E-state index in [1.54, 1.807) is 0 Å². The molecule has 1 amide bonds. The average molecular weight is 448 g/mol. The lowest BCUT2D eigenvalue weighted by Crippen LogP contribution is -2.41. The molecule has 6 nitrogen and oxygen atoms in total. The highest BCUT2D eigenvalue weighted by atomic mass is 32.2. The van der Waals surface area contributed by atoms with Crippen LogP contribution in [0.2, 0.25) is 0 Å². The van der Waals surface area contributed by atoms with Gasteiger partial charge in [-0.2, -0.15) is 4.31 Å². The minimum atomic E-state index is -3.91. The number of piperidine rings is 1. The summed E-state index contributed by atoms with van der Waals surface area (Å²) in [5.74, 6) is -1.24. The van der Waals surface area contributed by atoms with Crippen LogP contribution in [-0.4, -0.2) is 36.7 Å². The van der Waals surface area contributed by atoms with Crippen molar-refractivity contribution in [3.63, 3.8) is 0 Å². The molecular formula is C21H22FN3O3S2. The molecule has 9 heteroatoms. The maximum atomic E-state index is 14.0. The van der Waals surface area contributed by atoms with Crippen LogP contribution in [-0.2, 0) is 14.8 Å². The highest BCUT2D eigenvalue weighted by Gasteiger charge is 2.33. The van der Waals surface area contributed by atoms with Crippen molar-refractivity contribution in [3.05, 3.63) is 53.3 Å². The zero-order chi connectivity index (χ0) is 21.5. The molecule has 1 saturated heterocycles. The molecule has 1 fully saturated rings. The number of aryl methyl sites for hydroxylation is 2. The van der Waals surface area contributed by atoms with E-state index in [9.17, 15) is 17.6 Å². The van der Waals surface area contributed by atoms with E-state index in [0.717, 1.165) is 27.4 Å². The van der Waals surface area contributed by atoms with Gasteiger partial charge in [-0.3, -0.25) is 4.79 Å². The van der Waals surface area contributed by atoms with Crippen LogP contribution in [0.1, 0.15) is 24.0 Å². The molecule has 0 saturated carbocycles. The van der Waals surface area contributed by atoms with Crippen molar-refractivity contribution < 1.29 is 17.6 Å². The number of aromatic nitrogens is 1. The molecule has 2 heterocycles. The fourth-order valence-corrected chi connectivity index (χ4v) is 6.24. The molecule has 0 atom stereocenters. The fourth-order valence-electron chi connectivity index (χ4n) is 3.79. The number of fused-ring (bicyclic) bond motifs is 1. The van der Waals surface area contributed by atoms with E-state index < -0.39 is 15.8 Å². The third kappa shape index (κ3) is 3.97. The van der Waals surface area contributed by atoms with Gasteiger partial charge in [0, 0.05) is 19.0 Å². The highest BCUT2D eigenvalue weighted by molar-refractivity contribution is 7.89. The number of hydrogen-bond donors (Lipinski definition) is 1. The van der Waals surface area contributed by atoms with Crippen molar-refractivity contribution in [1.82, 2.24) is 9.29 Å². The Bertz CT molecular complexity index is 1220. The van der Waals surface area contributed by atoms with Gasteiger partial charge in [0.1, 0.15) is 10.7 Å². The van der Waals surface area contributed by atoms with Crippen LogP contribution in [0.4, 0.5) is 9.52 Å². The van der Waals surface area contributed by atoms with Crippen LogP contribution >= 0.6 is 11.3 Å². The molecule has 1 N–H and O–H groups in total. The first kappa shape index (κ1) is 20.9. The Morgan fingerprint density at radius 2 is 1.90 bits per heavy atom. The van der Waals surface area contributed by atoms with Crippen molar-refractivity contribution in [2.45, 2.75) is 31.6 Å². The molecular weight excluding hydrogens is 425 g/mol. The average Bonchev–Trinajstić information content (AvgIpc) is 3.11. The van der Waals surface area contributed by atoms with Crippen molar-refractivity contribution >= 4 is 42.6 Å². The van der Waals surface area contributed by atoms with Crippen LogP contribution in [0, 0.1) is 25.6 Å². The number of hydrogen-bond acceptors (Lipinski definition) is 5. The van der Waals surface area contributed by atoms with E-state index in [2.05, 4.69) is 16.4 Å². The molecule has 1 aliphatic rings. The number of sulfonamides is 1. The maximum absolute atomic E-state index is 14.0. The molecule has 0 unspecified atom stereocenters. The Balaban J connectivity index is 1.42. The Morgan fingerprint density at radius 1 is 1.20 bits per heavy atom. The Hall–Kier alpha value is -2.36. The van der Waals surface area contributed by atoms with Crippen molar-refractivity contribution in [2.24, 2.45) is 5.92 Å². The van der Waals surface area contributed by atoms with Gasteiger partial charge in [-0.25, -0.2) is 17.8 Å². The van der Waals surface area contributed by atoms with Gasteiger partial charge in [-0.05, 0) is 56.0 Å². The van der Waals surface area contributed by atoms with Gasteiger partial charge in [0.2, 0.25) is 15.9 Å². The second-order valence-corrected chi connectivity index (χ2v) is 10.5. The predicted molar refractivity (Wildman–Crippen MR) is 116 cm³/mol. The third-order valence-corrected chi connectivity index (χ3v) is 8.38. The van der Waals surface area contributed by atoms with Crippen LogP contribution < -0.4 is 5.32 Å². The number of amides is 1. The quantitative estimate of drug-likeness (QED) is 0.653. The zero-order valence-corrected chi connectivity index (χ0v) is 18.3. The molecule has 3 aromatic rings. The number of carbonyl (C=O) groups excluding carboxylic acids is 1. The molecule has 1 aliphatic heterocycles.